The highest BCUT2D eigenvalue weighted by Gasteiger charge is 2.47. The molecule has 0 spiro atoms. The number of hydrogen-bond donors (Lipinski definition) is 0. The van der Waals surface area contributed by atoms with E-state index in [2.05, 4.69) is 9.97 Å². The van der Waals surface area contributed by atoms with Crippen molar-refractivity contribution < 1.29 is 17.2 Å². The number of pyridine rings is 2. The number of fused-ring (bicyclic) bond motifs is 1. The van der Waals surface area contributed by atoms with Gasteiger partial charge in [-0.05, 0) is 84.4 Å². The summed E-state index contributed by atoms with van der Waals surface area (Å²) in [5.41, 5.74) is 1.77. The van der Waals surface area contributed by atoms with Gasteiger partial charge < -0.3 is 0 Å². The molecule has 0 bridgehead atoms. The second-order valence-corrected chi connectivity index (χ2v) is 10.2. The van der Waals surface area contributed by atoms with Gasteiger partial charge in [0.1, 0.15) is 0 Å². The number of allylic oxidation sites excluding steroid dienone is 9. The first-order chi connectivity index (χ1) is 15.4. The normalized spacial score (nSPS) is 20.3. The number of aromatic nitrogens is 2. The van der Waals surface area contributed by atoms with E-state index in [1.54, 1.807) is 24.3 Å². The molecule has 2 aromatic rings. The quantitative estimate of drug-likeness (QED) is 0.619. The van der Waals surface area contributed by atoms with Crippen molar-refractivity contribution in [3.05, 3.63) is 117 Å². The molecule has 4 nitrogen and oxygen atoms in total. The Morgan fingerprint density at radius 2 is 1.62 bits per heavy atom. The van der Waals surface area contributed by atoms with Crippen molar-refractivity contribution in [1.82, 2.24) is 9.97 Å². The van der Waals surface area contributed by atoms with Crippen LogP contribution >= 0.6 is 0 Å². The predicted octanol–water partition coefficient (Wildman–Crippen LogP) is 4.94. The van der Waals surface area contributed by atoms with Gasteiger partial charge in [0.2, 0.25) is 21.7 Å². The summed E-state index contributed by atoms with van der Waals surface area (Å²) < 4.78 is 55.6. The molecule has 0 radical (unpaired) electrons. The van der Waals surface area contributed by atoms with Crippen LogP contribution in [0.2, 0.25) is 0 Å². The van der Waals surface area contributed by atoms with Gasteiger partial charge in [0.05, 0.1) is 9.81 Å². The van der Waals surface area contributed by atoms with Gasteiger partial charge in [-0.25, -0.2) is 18.4 Å². The van der Waals surface area contributed by atoms with Crippen molar-refractivity contribution in [3.63, 3.8) is 0 Å². The van der Waals surface area contributed by atoms with E-state index in [4.69, 9.17) is 0 Å². The van der Waals surface area contributed by atoms with Gasteiger partial charge in [0.25, 0.3) is 0 Å². The molecule has 0 saturated heterocycles. The Bertz CT molecular complexity index is 1320. The molecular formula is C25H20F2N2O2S. The highest BCUT2D eigenvalue weighted by molar-refractivity contribution is 7.99. The van der Waals surface area contributed by atoms with Crippen molar-refractivity contribution in [2.75, 3.05) is 0 Å². The third kappa shape index (κ3) is 3.56. The van der Waals surface area contributed by atoms with Crippen molar-refractivity contribution in [1.29, 1.82) is 0 Å². The highest BCUT2D eigenvalue weighted by atomic mass is 32.2. The molecule has 0 fully saturated rings. The van der Waals surface area contributed by atoms with Crippen LogP contribution in [0, 0.1) is 17.3 Å². The zero-order chi connectivity index (χ0) is 22.3. The summed E-state index contributed by atoms with van der Waals surface area (Å²) in [6.07, 6.45) is 15.3. The lowest BCUT2D eigenvalue weighted by Gasteiger charge is -2.41. The molecule has 32 heavy (non-hydrogen) atoms. The SMILES string of the molecule is O=S1(=O)C2=CC=CCC2=CC2=C1C(Cc1ccnc(F)c1)(Cc1ccnc(F)c1)CC=C2. The first-order valence-corrected chi connectivity index (χ1v) is 11.8. The minimum atomic E-state index is -3.80. The van der Waals surface area contributed by atoms with Gasteiger partial charge in [-0.3, -0.25) is 0 Å². The fourth-order valence-corrected chi connectivity index (χ4v) is 7.14. The van der Waals surface area contributed by atoms with Gasteiger partial charge in [0.15, 0.2) is 0 Å². The molecule has 0 amide bonds. The molecular weight excluding hydrogens is 430 g/mol. The lowest BCUT2D eigenvalue weighted by Crippen LogP contribution is -2.37. The van der Waals surface area contributed by atoms with Gasteiger partial charge >= 0.3 is 0 Å². The third-order valence-electron chi connectivity index (χ3n) is 6.14. The summed E-state index contributed by atoms with van der Waals surface area (Å²) >= 11 is 0. The maximum absolute atomic E-state index is 13.9. The second kappa shape index (κ2) is 7.74. The van der Waals surface area contributed by atoms with E-state index in [-0.39, 0.29) is 12.8 Å². The number of halogens is 2. The Morgan fingerprint density at radius 1 is 0.969 bits per heavy atom. The average Bonchev–Trinajstić information content (AvgIpc) is 2.73. The molecule has 0 unspecified atom stereocenters. The molecule has 1 aliphatic heterocycles. The fourth-order valence-electron chi connectivity index (χ4n) is 4.94. The average molecular weight is 451 g/mol. The second-order valence-electron chi connectivity index (χ2n) is 8.33. The molecule has 3 heterocycles. The Hall–Kier alpha value is -3.19. The van der Waals surface area contributed by atoms with Crippen LogP contribution in [0.25, 0.3) is 0 Å². The van der Waals surface area contributed by atoms with Crippen LogP contribution in [0.3, 0.4) is 0 Å². The largest absolute Gasteiger partial charge is 0.228 e. The van der Waals surface area contributed by atoms with Crippen LogP contribution in [0.15, 0.2) is 94.1 Å². The van der Waals surface area contributed by atoms with Crippen LogP contribution in [0.1, 0.15) is 24.0 Å². The Morgan fingerprint density at radius 3 is 2.25 bits per heavy atom. The maximum Gasteiger partial charge on any atom is 0.213 e. The van der Waals surface area contributed by atoms with Gasteiger partial charge in [-0.1, -0.05) is 24.3 Å². The van der Waals surface area contributed by atoms with Crippen molar-refractivity contribution in [2.45, 2.75) is 25.7 Å². The molecule has 2 aromatic heterocycles. The lowest BCUT2D eigenvalue weighted by atomic mass is 9.70. The molecule has 0 atom stereocenters. The highest BCUT2D eigenvalue weighted by Crippen LogP contribution is 2.51. The molecule has 2 aliphatic carbocycles. The molecule has 0 aromatic carbocycles. The predicted molar refractivity (Wildman–Crippen MR) is 118 cm³/mol. The minimum Gasteiger partial charge on any atom is -0.228 e. The third-order valence-corrected chi connectivity index (χ3v) is 8.33. The van der Waals surface area contributed by atoms with E-state index < -0.39 is 27.1 Å². The van der Waals surface area contributed by atoms with E-state index in [1.165, 1.54) is 24.5 Å². The Balaban J connectivity index is 1.71. The summed E-state index contributed by atoms with van der Waals surface area (Å²) in [5, 5.41) is 0. The van der Waals surface area contributed by atoms with E-state index >= 15 is 0 Å². The number of nitrogens with zero attached hydrogens (tertiary/aromatic N) is 2. The number of rotatable bonds is 4. The Kier molecular flexibility index (Phi) is 5.01. The molecule has 3 aliphatic rings. The smallest absolute Gasteiger partial charge is 0.213 e. The zero-order valence-corrected chi connectivity index (χ0v) is 17.9. The fraction of sp³-hybridized carbons (Fsp3) is 0.200. The monoisotopic (exact) mass is 450 g/mol. The standard InChI is InChI=1S/C25H20F2N2O2S/c26-22-12-17(7-10-28-22)15-25(16-18-8-11-29-23(27)13-18)9-3-5-20-14-19-4-1-2-6-21(19)32(30,31)24(20)25/h1-3,5-8,10-14H,4,9,15-16H2. The summed E-state index contributed by atoms with van der Waals surface area (Å²) in [7, 11) is -3.80. The van der Waals surface area contributed by atoms with E-state index in [0.29, 0.717) is 39.4 Å². The molecule has 162 valence electrons. The molecule has 0 N–H and O–H groups in total. The maximum atomic E-state index is 13.9. The molecule has 0 saturated carbocycles. The molecule has 5 rings (SSSR count). The van der Waals surface area contributed by atoms with Crippen molar-refractivity contribution in [2.24, 2.45) is 5.41 Å². The van der Waals surface area contributed by atoms with Crippen molar-refractivity contribution >= 4 is 9.84 Å². The number of sulfone groups is 1. The number of hydrogen-bond acceptors (Lipinski definition) is 4. The Labute approximate surface area is 185 Å². The molecule has 7 heteroatoms. The topological polar surface area (TPSA) is 59.9 Å². The lowest BCUT2D eigenvalue weighted by molar-refractivity contribution is 0.360. The van der Waals surface area contributed by atoms with Gasteiger partial charge in [-0.2, -0.15) is 8.78 Å². The van der Waals surface area contributed by atoms with E-state index in [0.717, 1.165) is 5.57 Å². The van der Waals surface area contributed by atoms with Crippen LogP contribution in [-0.2, 0) is 22.7 Å². The summed E-state index contributed by atoms with van der Waals surface area (Å²) in [4.78, 5) is 7.86. The first-order valence-electron chi connectivity index (χ1n) is 10.3. The van der Waals surface area contributed by atoms with E-state index in [9.17, 15) is 17.2 Å². The first kappa shape index (κ1) is 20.7. The zero-order valence-electron chi connectivity index (χ0n) is 17.1. The summed E-state index contributed by atoms with van der Waals surface area (Å²) in [6.45, 7) is 0. The van der Waals surface area contributed by atoms with Gasteiger partial charge in [-0.15, -0.1) is 0 Å². The van der Waals surface area contributed by atoms with Crippen molar-refractivity contribution in [3.8, 4) is 0 Å². The van der Waals surface area contributed by atoms with E-state index in [1.807, 2.05) is 24.3 Å². The van der Waals surface area contributed by atoms with Crippen LogP contribution in [0.4, 0.5) is 8.78 Å². The summed E-state index contributed by atoms with van der Waals surface area (Å²) in [5.74, 6) is -1.25. The summed E-state index contributed by atoms with van der Waals surface area (Å²) in [6, 6.07) is 6.03. The van der Waals surface area contributed by atoms with Gasteiger partial charge in [0, 0.05) is 17.8 Å². The van der Waals surface area contributed by atoms with Crippen LogP contribution < -0.4 is 0 Å². The minimum absolute atomic E-state index is 0.269. The van der Waals surface area contributed by atoms with Crippen LogP contribution in [-0.4, -0.2) is 18.4 Å². The van der Waals surface area contributed by atoms with Crippen LogP contribution in [0.5, 0.6) is 0 Å².